The fourth-order valence-corrected chi connectivity index (χ4v) is 3.50. The summed E-state index contributed by atoms with van der Waals surface area (Å²) in [5.41, 5.74) is 0.994. The Morgan fingerprint density at radius 2 is 1.11 bits per heavy atom. The van der Waals surface area contributed by atoms with Crippen molar-refractivity contribution >= 4 is 23.9 Å². The summed E-state index contributed by atoms with van der Waals surface area (Å²) in [4.78, 5) is 49.0. The molecule has 0 aliphatic carbocycles. The van der Waals surface area contributed by atoms with E-state index in [0.29, 0.717) is 11.1 Å². The van der Waals surface area contributed by atoms with Gasteiger partial charge >= 0.3 is 23.9 Å². The Morgan fingerprint density at radius 1 is 0.714 bits per heavy atom. The van der Waals surface area contributed by atoms with Crippen molar-refractivity contribution in [3.8, 4) is 0 Å². The second kappa shape index (κ2) is 8.24. The maximum atomic E-state index is 12.5. The number of carbonyl (C=O) groups is 4. The maximum absolute atomic E-state index is 12.5. The highest BCUT2D eigenvalue weighted by molar-refractivity contribution is 5.99. The minimum absolute atomic E-state index is 0.0398. The van der Waals surface area contributed by atoms with Crippen LogP contribution in [0.4, 0.5) is 0 Å². The standard InChI is InChI=1S/C20H20O8/c1-3-11-13-5-7-25-20(24)16-10-28-18(22)12(4-2)14(16)6-8-26-19(23)15(13)9-27-17(11)21/h3-4,9-10,13-14H,5-8H2,1-2H3/b11-3-,12-4-/t13-,14-/m0/s1. The average molecular weight is 388 g/mol. The van der Waals surface area contributed by atoms with Gasteiger partial charge in [0, 0.05) is 23.0 Å². The van der Waals surface area contributed by atoms with E-state index in [9.17, 15) is 19.2 Å². The Bertz CT molecular complexity index is 772. The molecule has 28 heavy (non-hydrogen) atoms. The normalized spacial score (nSPS) is 29.1. The Morgan fingerprint density at radius 3 is 1.46 bits per heavy atom. The minimum Gasteiger partial charge on any atom is -0.462 e. The summed E-state index contributed by atoms with van der Waals surface area (Å²) in [6.45, 7) is 3.25. The van der Waals surface area contributed by atoms with E-state index in [0.717, 1.165) is 12.5 Å². The van der Waals surface area contributed by atoms with Crippen LogP contribution in [0.1, 0.15) is 26.7 Å². The summed E-state index contributed by atoms with van der Waals surface area (Å²) in [6, 6.07) is 0. The predicted molar refractivity (Wildman–Crippen MR) is 94.0 cm³/mol. The Balaban J connectivity index is 1.90. The Labute approximate surface area is 161 Å². The number of allylic oxidation sites excluding steroid dienone is 2. The first-order chi connectivity index (χ1) is 13.5. The van der Waals surface area contributed by atoms with E-state index in [1.54, 1.807) is 26.0 Å². The van der Waals surface area contributed by atoms with Gasteiger partial charge in [-0.15, -0.1) is 0 Å². The summed E-state index contributed by atoms with van der Waals surface area (Å²) in [7, 11) is 0. The molecule has 2 atom stereocenters. The molecule has 8 nitrogen and oxygen atoms in total. The molecule has 0 N–H and O–H groups in total. The van der Waals surface area contributed by atoms with Crippen LogP contribution in [-0.2, 0) is 38.1 Å². The van der Waals surface area contributed by atoms with Crippen molar-refractivity contribution in [2.24, 2.45) is 11.8 Å². The van der Waals surface area contributed by atoms with E-state index < -0.39 is 35.7 Å². The summed E-state index contributed by atoms with van der Waals surface area (Å²) >= 11 is 0. The monoisotopic (exact) mass is 388 g/mol. The van der Waals surface area contributed by atoms with E-state index >= 15 is 0 Å². The van der Waals surface area contributed by atoms with Crippen LogP contribution in [0.15, 0.2) is 47.0 Å². The van der Waals surface area contributed by atoms with E-state index in [4.69, 9.17) is 18.9 Å². The highest BCUT2D eigenvalue weighted by atomic mass is 16.6. The molecule has 3 heterocycles. The lowest BCUT2D eigenvalue weighted by atomic mass is 9.86. The molecule has 0 unspecified atom stereocenters. The van der Waals surface area contributed by atoms with Crippen molar-refractivity contribution < 1.29 is 38.1 Å². The van der Waals surface area contributed by atoms with Crippen LogP contribution in [0.3, 0.4) is 0 Å². The first kappa shape index (κ1) is 19.6. The molecule has 0 aromatic carbocycles. The minimum atomic E-state index is -0.616. The largest absolute Gasteiger partial charge is 0.462 e. The third kappa shape index (κ3) is 3.62. The van der Waals surface area contributed by atoms with Gasteiger partial charge in [0.15, 0.2) is 0 Å². The van der Waals surface area contributed by atoms with Crippen LogP contribution >= 0.6 is 0 Å². The van der Waals surface area contributed by atoms with Crippen molar-refractivity contribution in [2.45, 2.75) is 26.7 Å². The van der Waals surface area contributed by atoms with Crippen molar-refractivity contribution in [3.05, 3.63) is 47.0 Å². The van der Waals surface area contributed by atoms with Gasteiger partial charge in [-0.05, 0) is 26.7 Å². The quantitative estimate of drug-likeness (QED) is 0.352. The first-order valence-electron chi connectivity index (χ1n) is 8.96. The van der Waals surface area contributed by atoms with Crippen LogP contribution in [0, 0.1) is 11.8 Å². The summed E-state index contributed by atoms with van der Waals surface area (Å²) in [6.07, 6.45) is 5.73. The number of carbonyl (C=O) groups excluding carboxylic acids is 4. The van der Waals surface area contributed by atoms with Gasteiger partial charge < -0.3 is 18.9 Å². The molecule has 0 amide bonds. The molecular formula is C20H20O8. The number of rotatable bonds is 0. The molecule has 3 aliphatic heterocycles. The molecule has 0 saturated carbocycles. The molecule has 0 spiro atoms. The number of fused-ring (bicyclic) bond motifs is 2. The molecule has 8 heteroatoms. The topological polar surface area (TPSA) is 105 Å². The van der Waals surface area contributed by atoms with Crippen molar-refractivity contribution in [1.82, 2.24) is 0 Å². The zero-order valence-electron chi connectivity index (χ0n) is 15.6. The second-order valence-electron chi connectivity index (χ2n) is 6.40. The lowest BCUT2D eigenvalue weighted by molar-refractivity contribution is -0.143. The molecule has 1 saturated heterocycles. The third-order valence-corrected chi connectivity index (χ3v) is 4.93. The van der Waals surface area contributed by atoms with E-state index in [2.05, 4.69) is 0 Å². The summed E-state index contributed by atoms with van der Waals surface area (Å²) in [5, 5.41) is 0. The van der Waals surface area contributed by atoms with Gasteiger partial charge in [-0.2, -0.15) is 0 Å². The first-order valence-corrected chi connectivity index (χ1v) is 8.96. The molecule has 3 rings (SSSR count). The Kier molecular flexibility index (Phi) is 5.77. The van der Waals surface area contributed by atoms with Gasteiger partial charge in [0.25, 0.3) is 0 Å². The van der Waals surface area contributed by atoms with E-state index in [1.807, 2.05) is 0 Å². The van der Waals surface area contributed by atoms with Gasteiger partial charge in [-0.25, -0.2) is 19.2 Å². The molecule has 1 fully saturated rings. The molecule has 0 aromatic rings. The number of hydrogen-bond donors (Lipinski definition) is 0. The number of esters is 4. The zero-order chi connectivity index (χ0) is 20.3. The number of hydrogen-bond acceptors (Lipinski definition) is 8. The predicted octanol–water partition coefficient (Wildman–Crippen LogP) is 1.87. The summed E-state index contributed by atoms with van der Waals surface area (Å²) < 4.78 is 20.6. The van der Waals surface area contributed by atoms with Gasteiger partial charge in [-0.1, -0.05) is 12.2 Å². The lowest BCUT2D eigenvalue weighted by Crippen LogP contribution is -2.31. The molecule has 0 aromatic heterocycles. The third-order valence-electron chi connectivity index (χ3n) is 4.93. The van der Waals surface area contributed by atoms with Gasteiger partial charge in [0.05, 0.1) is 24.4 Å². The number of ether oxygens (including phenoxy) is 4. The fourth-order valence-electron chi connectivity index (χ4n) is 3.50. The van der Waals surface area contributed by atoms with Crippen LogP contribution in [0.2, 0.25) is 0 Å². The highest BCUT2D eigenvalue weighted by Crippen LogP contribution is 2.34. The van der Waals surface area contributed by atoms with Crippen LogP contribution in [0.25, 0.3) is 0 Å². The second-order valence-corrected chi connectivity index (χ2v) is 6.40. The van der Waals surface area contributed by atoms with E-state index in [-0.39, 0.29) is 37.2 Å². The molecular weight excluding hydrogens is 368 g/mol. The van der Waals surface area contributed by atoms with Crippen molar-refractivity contribution in [2.75, 3.05) is 13.2 Å². The lowest BCUT2D eigenvalue weighted by Gasteiger charge is -2.28. The van der Waals surface area contributed by atoms with Crippen LogP contribution in [0.5, 0.6) is 0 Å². The van der Waals surface area contributed by atoms with Gasteiger partial charge in [-0.3, -0.25) is 0 Å². The highest BCUT2D eigenvalue weighted by Gasteiger charge is 2.37. The summed E-state index contributed by atoms with van der Waals surface area (Å²) in [5.74, 6) is -3.52. The maximum Gasteiger partial charge on any atom is 0.339 e. The molecule has 0 bridgehead atoms. The Hall–Kier alpha value is -3.16. The molecule has 0 radical (unpaired) electrons. The van der Waals surface area contributed by atoms with Gasteiger partial charge in [0.2, 0.25) is 0 Å². The van der Waals surface area contributed by atoms with Crippen molar-refractivity contribution in [3.63, 3.8) is 0 Å². The average Bonchev–Trinajstić information content (AvgIpc) is 2.67. The van der Waals surface area contributed by atoms with Crippen molar-refractivity contribution in [1.29, 1.82) is 0 Å². The molecule has 148 valence electrons. The SMILES string of the molecule is C/C=C1\C(=O)OC=C2C(=O)OCC[C@@H]3C(=COC(=O)/C3=C\C)C(=O)OCC[C@H]21. The smallest absolute Gasteiger partial charge is 0.339 e. The zero-order valence-corrected chi connectivity index (χ0v) is 15.6. The van der Waals surface area contributed by atoms with Crippen LogP contribution in [-0.4, -0.2) is 37.1 Å². The van der Waals surface area contributed by atoms with E-state index in [1.165, 1.54) is 0 Å². The molecule has 3 aliphatic rings. The number of cyclic esters (lactones) is 4. The van der Waals surface area contributed by atoms with Crippen LogP contribution < -0.4 is 0 Å². The fraction of sp³-hybridized carbons (Fsp3) is 0.400. The van der Waals surface area contributed by atoms with Gasteiger partial charge in [0.1, 0.15) is 12.5 Å².